The number of benzene rings is 2. The molecule has 11 heteroatoms. The van der Waals surface area contributed by atoms with Crippen molar-refractivity contribution in [1.29, 1.82) is 0 Å². The van der Waals surface area contributed by atoms with E-state index in [1.54, 1.807) is 0 Å². The zero-order valence-corrected chi connectivity index (χ0v) is 14.2. The molecule has 0 saturated carbocycles. The molecule has 0 fully saturated rings. The minimum Gasteiger partial charge on any atom is -0.370 e. The van der Waals surface area contributed by atoms with Crippen molar-refractivity contribution >= 4 is 22.8 Å². The van der Waals surface area contributed by atoms with Crippen LogP contribution in [0.5, 0.6) is 0 Å². The van der Waals surface area contributed by atoms with Crippen LogP contribution in [0.3, 0.4) is 0 Å². The van der Waals surface area contributed by atoms with Gasteiger partial charge in [0, 0.05) is 29.3 Å². The van der Waals surface area contributed by atoms with Gasteiger partial charge in [-0.25, -0.2) is 13.2 Å². The topological polar surface area (TPSA) is 94.4 Å². The number of amides is 1. The first kappa shape index (κ1) is 20.1. The van der Waals surface area contributed by atoms with Crippen LogP contribution in [0, 0.1) is 17.5 Å². The quantitative estimate of drug-likeness (QED) is 0.381. The van der Waals surface area contributed by atoms with Crippen LogP contribution >= 0.6 is 0 Å². The van der Waals surface area contributed by atoms with Crippen molar-refractivity contribution in [1.82, 2.24) is 4.98 Å². The van der Waals surface area contributed by atoms with Crippen LogP contribution in [-0.4, -0.2) is 16.9 Å². The lowest BCUT2D eigenvalue weighted by atomic mass is 9.96. The maximum atomic E-state index is 14.2. The lowest BCUT2D eigenvalue weighted by Gasteiger charge is -2.14. The molecule has 0 aliphatic rings. The molecule has 0 radical (unpaired) electrons. The summed E-state index contributed by atoms with van der Waals surface area (Å²) in [6, 6.07) is 3.19. The second kappa shape index (κ2) is 7.08. The van der Waals surface area contributed by atoms with Gasteiger partial charge in [0.05, 0.1) is 16.6 Å². The van der Waals surface area contributed by atoms with Crippen LogP contribution in [0.25, 0.3) is 22.0 Å². The Morgan fingerprint density at radius 3 is 2.17 bits per heavy atom. The van der Waals surface area contributed by atoms with E-state index in [0.29, 0.717) is 18.2 Å². The van der Waals surface area contributed by atoms with E-state index in [1.807, 2.05) is 0 Å². The number of pyridine rings is 1. The Morgan fingerprint density at radius 1 is 1.00 bits per heavy atom. The van der Waals surface area contributed by atoms with Gasteiger partial charge in [-0.3, -0.25) is 9.78 Å². The Kier molecular flexibility index (Phi) is 4.91. The van der Waals surface area contributed by atoms with Gasteiger partial charge in [-0.2, -0.15) is 18.2 Å². The number of carbonyl (C=O) groups excluding carboxylic acids is 1. The Labute approximate surface area is 158 Å². The number of hydrogen-bond donors (Lipinski definition) is 2. The van der Waals surface area contributed by atoms with E-state index >= 15 is 0 Å². The van der Waals surface area contributed by atoms with Gasteiger partial charge in [0.25, 0.3) is 5.91 Å². The van der Waals surface area contributed by atoms with Crippen LogP contribution < -0.4 is 11.5 Å². The summed E-state index contributed by atoms with van der Waals surface area (Å²) < 4.78 is 82.3. The number of hydrogen-bond acceptors (Lipinski definition) is 2. The maximum Gasteiger partial charge on any atom is 0.418 e. The molecular weight excluding hydrogens is 402 g/mol. The first-order valence-electron chi connectivity index (χ1n) is 7.78. The summed E-state index contributed by atoms with van der Waals surface area (Å²) >= 11 is 0. The number of halogens is 6. The normalized spacial score (nSPS) is 11.5. The van der Waals surface area contributed by atoms with E-state index in [1.165, 1.54) is 0 Å². The Hall–Kier alpha value is -3.63. The summed E-state index contributed by atoms with van der Waals surface area (Å²) in [4.78, 5) is 18.9. The highest BCUT2D eigenvalue weighted by atomic mass is 19.4. The fraction of sp³-hybridized carbons (Fsp3) is 0.0556. The van der Waals surface area contributed by atoms with Gasteiger partial charge in [-0.05, 0) is 23.8 Å². The number of alkyl halides is 3. The molecule has 0 bridgehead atoms. The molecule has 0 atom stereocenters. The van der Waals surface area contributed by atoms with E-state index < -0.39 is 63.1 Å². The van der Waals surface area contributed by atoms with Crippen molar-refractivity contribution < 1.29 is 31.1 Å². The zero-order valence-electron chi connectivity index (χ0n) is 14.2. The van der Waals surface area contributed by atoms with Gasteiger partial charge >= 0.3 is 6.18 Å². The van der Waals surface area contributed by atoms with Gasteiger partial charge in [-0.15, -0.1) is 0 Å². The molecule has 29 heavy (non-hydrogen) atoms. The highest BCUT2D eigenvalue weighted by Crippen LogP contribution is 2.39. The SMILES string of the molecule is NC(N)=NC(=O)c1cc(C(F)(F)F)c2nccc(-c3c(F)cc(F)cc3F)c2c1. The van der Waals surface area contributed by atoms with E-state index in [9.17, 15) is 31.1 Å². The minimum absolute atomic E-state index is 0.366. The minimum atomic E-state index is -4.96. The van der Waals surface area contributed by atoms with Gasteiger partial charge in [-0.1, -0.05) is 0 Å². The highest BCUT2D eigenvalue weighted by molar-refractivity contribution is 6.06. The molecule has 2 aromatic carbocycles. The van der Waals surface area contributed by atoms with Crippen LogP contribution in [0.2, 0.25) is 0 Å². The summed E-state index contributed by atoms with van der Waals surface area (Å²) in [6.45, 7) is 0. The number of aromatic nitrogens is 1. The summed E-state index contributed by atoms with van der Waals surface area (Å²) in [7, 11) is 0. The first-order chi connectivity index (χ1) is 13.5. The first-order valence-corrected chi connectivity index (χ1v) is 7.78. The molecule has 0 unspecified atom stereocenters. The van der Waals surface area contributed by atoms with E-state index in [0.717, 1.165) is 18.3 Å². The molecule has 0 aliphatic carbocycles. The second-order valence-electron chi connectivity index (χ2n) is 5.86. The van der Waals surface area contributed by atoms with Gasteiger partial charge < -0.3 is 11.5 Å². The van der Waals surface area contributed by atoms with Crippen molar-refractivity contribution in [3.63, 3.8) is 0 Å². The van der Waals surface area contributed by atoms with Gasteiger partial charge in [0.15, 0.2) is 5.96 Å². The summed E-state index contributed by atoms with van der Waals surface area (Å²) in [6.07, 6.45) is -4.05. The third-order valence-corrected chi connectivity index (χ3v) is 3.90. The molecule has 1 heterocycles. The lowest BCUT2D eigenvalue weighted by molar-refractivity contribution is -0.136. The maximum absolute atomic E-state index is 14.2. The van der Waals surface area contributed by atoms with Crippen molar-refractivity contribution in [2.75, 3.05) is 0 Å². The Balaban J connectivity index is 2.43. The average Bonchev–Trinajstić information content (AvgIpc) is 2.58. The second-order valence-corrected chi connectivity index (χ2v) is 5.86. The molecule has 0 saturated heterocycles. The predicted octanol–water partition coefficient (Wildman–Crippen LogP) is 3.75. The van der Waals surface area contributed by atoms with Crippen molar-refractivity contribution in [3.8, 4) is 11.1 Å². The molecule has 3 rings (SSSR count). The van der Waals surface area contributed by atoms with Crippen LogP contribution in [0.4, 0.5) is 26.3 Å². The lowest BCUT2D eigenvalue weighted by Crippen LogP contribution is -2.24. The van der Waals surface area contributed by atoms with Crippen LogP contribution in [-0.2, 0) is 6.18 Å². The number of nitrogens with two attached hydrogens (primary N) is 2. The van der Waals surface area contributed by atoms with Gasteiger partial charge in [0.1, 0.15) is 17.5 Å². The molecule has 1 amide bonds. The number of nitrogens with zero attached hydrogens (tertiary/aromatic N) is 2. The number of guanidine groups is 1. The molecular formula is C18H10F6N4O. The van der Waals surface area contributed by atoms with E-state index in [-0.39, 0.29) is 5.56 Å². The standard InChI is InChI=1S/C18H10F6N4O/c19-8-5-12(20)14(13(21)6-8)9-1-2-27-15-10(9)3-7(16(29)28-17(25)26)4-11(15)18(22,23)24/h1-6H,(H4,25,26,28,29). The van der Waals surface area contributed by atoms with Crippen molar-refractivity contribution in [2.45, 2.75) is 6.18 Å². The molecule has 5 nitrogen and oxygen atoms in total. The number of fused-ring (bicyclic) bond motifs is 1. The number of rotatable bonds is 2. The van der Waals surface area contributed by atoms with Crippen LogP contribution in [0.15, 0.2) is 41.5 Å². The molecule has 3 aromatic rings. The molecule has 4 N–H and O–H groups in total. The third kappa shape index (κ3) is 3.84. The van der Waals surface area contributed by atoms with Crippen molar-refractivity contribution in [3.05, 3.63) is 65.1 Å². The fourth-order valence-electron chi connectivity index (χ4n) is 2.79. The third-order valence-electron chi connectivity index (χ3n) is 3.90. The Bertz CT molecular complexity index is 1150. The van der Waals surface area contributed by atoms with Crippen molar-refractivity contribution in [2.24, 2.45) is 16.5 Å². The zero-order chi connectivity index (χ0) is 21.5. The van der Waals surface area contributed by atoms with E-state index in [2.05, 4.69) is 9.98 Å². The van der Waals surface area contributed by atoms with Crippen LogP contribution in [0.1, 0.15) is 15.9 Å². The highest BCUT2D eigenvalue weighted by Gasteiger charge is 2.35. The molecule has 0 spiro atoms. The summed E-state index contributed by atoms with van der Waals surface area (Å²) in [5, 5.41) is -0.402. The summed E-state index contributed by atoms with van der Waals surface area (Å²) in [5.74, 6) is -5.78. The summed E-state index contributed by atoms with van der Waals surface area (Å²) in [5.41, 5.74) is 6.42. The molecule has 150 valence electrons. The number of aliphatic imine (C=N–C) groups is 1. The smallest absolute Gasteiger partial charge is 0.370 e. The predicted molar refractivity (Wildman–Crippen MR) is 92.2 cm³/mol. The molecule has 1 aromatic heterocycles. The van der Waals surface area contributed by atoms with Gasteiger partial charge in [0.2, 0.25) is 0 Å². The largest absolute Gasteiger partial charge is 0.418 e. The monoisotopic (exact) mass is 412 g/mol. The van der Waals surface area contributed by atoms with E-state index in [4.69, 9.17) is 11.5 Å². The molecule has 0 aliphatic heterocycles. The fourth-order valence-corrected chi connectivity index (χ4v) is 2.79. The Morgan fingerprint density at radius 2 is 1.62 bits per heavy atom. The average molecular weight is 412 g/mol. The number of carbonyl (C=O) groups is 1.